The molecule has 0 heterocycles. The fraction of sp³-hybridized carbons (Fsp3) is 0.800. The molecular weight excluding hydrogens is 150 g/mol. The molecule has 0 saturated heterocycles. The summed E-state index contributed by atoms with van der Waals surface area (Å²) in [7, 11) is 1.72. The second-order valence-electron chi connectivity index (χ2n) is 3.83. The largest absolute Gasteiger partial charge is 0.384 e. The summed E-state index contributed by atoms with van der Waals surface area (Å²) in [4.78, 5) is 0. The van der Waals surface area contributed by atoms with E-state index in [-0.39, 0.29) is 5.41 Å². The van der Waals surface area contributed by atoms with Gasteiger partial charge in [-0.15, -0.1) is 6.58 Å². The Bertz CT molecular complexity index is 134. The predicted molar refractivity (Wildman–Crippen MR) is 53.3 cm³/mol. The zero-order valence-corrected chi connectivity index (χ0v) is 8.68. The van der Waals surface area contributed by atoms with E-state index in [1.54, 1.807) is 7.11 Å². The molecule has 0 saturated carbocycles. The zero-order valence-electron chi connectivity index (χ0n) is 8.68. The Morgan fingerprint density at radius 1 is 1.58 bits per heavy atom. The van der Waals surface area contributed by atoms with Crippen molar-refractivity contribution in [2.24, 2.45) is 5.41 Å². The predicted octanol–water partition coefficient (Wildman–Crippen LogP) is 1.82. The summed E-state index contributed by atoms with van der Waals surface area (Å²) in [5.74, 6) is 0. The van der Waals surface area contributed by atoms with Gasteiger partial charge in [0, 0.05) is 25.1 Å². The Labute approximate surface area is 76.0 Å². The number of methoxy groups -OCH3 is 1. The number of rotatable bonds is 6. The van der Waals surface area contributed by atoms with Crippen molar-refractivity contribution in [3.8, 4) is 0 Å². The van der Waals surface area contributed by atoms with Crippen molar-refractivity contribution in [2.45, 2.75) is 26.8 Å². The molecule has 0 bridgehead atoms. The molecular formula is C10H21NO. The molecule has 0 aliphatic heterocycles. The summed E-state index contributed by atoms with van der Waals surface area (Å²) in [6.07, 6.45) is 1.95. The summed E-state index contributed by atoms with van der Waals surface area (Å²) >= 11 is 0. The van der Waals surface area contributed by atoms with Crippen molar-refractivity contribution in [3.05, 3.63) is 12.7 Å². The van der Waals surface area contributed by atoms with Crippen LogP contribution >= 0.6 is 0 Å². The molecule has 0 amide bonds. The molecule has 0 aliphatic rings. The van der Waals surface area contributed by atoms with Gasteiger partial charge in [-0.3, -0.25) is 0 Å². The third-order valence-corrected chi connectivity index (χ3v) is 1.88. The lowest BCUT2D eigenvalue weighted by molar-refractivity contribution is 0.120. The quantitative estimate of drug-likeness (QED) is 0.616. The maximum Gasteiger partial charge on any atom is 0.0562 e. The second kappa shape index (κ2) is 5.33. The standard InChI is InChI=1S/C10H21NO/c1-6-10(4,8-12-5)7-11-9(2)3/h6,9,11H,1,7-8H2,2-5H3. The van der Waals surface area contributed by atoms with E-state index in [4.69, 9.17) is 4.74 Å². The van der Waals surface area contributed by atoms with Crippen LogP contribution in [0.4, 0.5) is 0 Å². The highest BCUT2D eigenvalue weighted by Gasteiger charge is 2.19. The molecule has 72 valence electrons. The van der Waals surface area contributed by atoms with Crippen LogP contribution in [-0.4, -0.2) is 26.3 Å². The maximum absolute atomic E-state index is 5.12. The fourth-order valence-corrected chi connectivity index (χ4v) is 0.949. The van der Waals surface area contributed by atoms with Crippen LogP contribution in [0.25, 0.3) is 0 Å². The molecule has 0 aliphatic carbocycles. The van der Waals surface area contributed by atoms with Gasteiger partial charge in [-0.05, 0) is 0 Å². The number of ether oxygens (including phenoxy) is 1. The van der Waals surface area contributed by atoms with E-state index >= 15 is 0 Å². The molecule has 12 heavy (non-hydrogen) atoms. The van der Waals surface area contributed by atoms with Crippen molar-refractivity contribution in [1.29, 1.82) is 0 Å². The van der Waals surface area contributed by atoms with Crippen molar-refractivity contribution >= 4 is 0 Å². The highest BCUT2D eigenvalue weighted by Crippen LogP contribution is 2.16. The van der Waals surface area contributed by atoms with E-state index in [1.807, 2.05) is 6.08 Å². The molecule has 0 fully saturated rings. The van der Waals surface area contributed by atoms with Gasteiger partial charge < -0.3 is 10.1 Å². The first-order valence-corrected chi connectivity index (χ1v) is 4.40. The molecule has 0 aromatic rings. The summed E-state index contributed by atoms with van der Waals surface area (Å²) in [5, 5.41) is 3.37. The molecule has 0 radical (unpaired) electrons. The Morgan fingerprint density at radius 2 is 2.17 bits per heavy atom. The van der Waals surface area contributed by atoms with Crippen molar-refractivity contribution in [2.75, 3.05) is 20.3 Å². The van der Waals surface area contributed by atoms with Gasteiger partial charge in [-0.2, -0.15) is 0 Å². The summed E-state index contributed by atoms with van der Waals surface area (Å²) < 4.78 is 5.12. The fourth-order valence-electron chi connectivity index (χ4n) is 0.949. The lowest BCUT2D eigenvalue weighted by atomic mass is 9.92. The van der Waals surface area contributed by atoms with Gasteiger partial charge >= 0.3 is 0 Å². The molecule has 0 aromatic heterocycles. The molecule has 1 N–H and O–H groups in total. The van der Waals surface area contributed by atoms with Crippen molar-refractivity contribution in [1.82, 2.24) is 5.32 Å². The van der Waals surface area contributed by atoms with Gasteiger partial charge in [0.1, 0.15) is 0 Å². The van der Waals surface area contributed by atoms with Gasteiger partial charge in [0.2, 0.25) is 0 Å². The molecule has 2 heteroatoms. The van der Waals surface area contributed by atoms with Crippen LogP contribution in [0.5, 0.6) is 0 Å². The number of hydrogen-bond donors (Lipinski definition) is 1. The van der Waals surface area contributed by atoms with E-state index in [0.29, 0.717) is 6.04 Å². The Kier molecular flexibility index (Phi) is 5.18. The molecule has 0 aromatic carbocycles. The van der Waals surface area contributed by atoms with E-state index in [2.05, 4.69) is 32.7 Å². The molecule has 0 rings (SSSR count). The SMILES string of the molecule is C=CC(C)(CNC(C)C)COC. The van der Waals surface area contributed by atoms with Crippen LogP contribution in [0.15, 0.2) is 12.7 Å². The van der Waals surface area contributed by atoms with Crippen molar-refractivity contribution < 1.29 is 4.74 Å². The minimum Gasteiger partial charge on any atom is -0.384 e. The molecule has 1 atom stereocenters. The Morgan fingerprint density at radius 3 is 2.50 bits per heavy atom. The normalized spacial score (nSPS) is 16.1. The molecule has 2 nitrogen and oxygen atoms in total. The van der Waals surface area contributed by atoms with E-state index in [9.17, 15) is 0 Å². The Hall–Kier alpha value is -0.340. The van der Waals surface area contributed by atoms with Crippen LogP contribution < -0.4 is 5.32 Å². The van der Waals surface area contributed by atoms with Gasteiger partial charge in [0.05, 0.1) is 6.61 Å². The van der Waals surface area contributed by atoms with Crippen LogP contribution in [-0.2, 0) is 4.74 Å². The van der Waals surface area contributed by atoms with Crippen LogP contribution in [0.2, 0.25) is 0 Å². The lowest BCUT2D eigenvalue weighted by Gasteiger charge is -2.26. The summed E-state index contributed by atoms with van der Waals surface area (Å²) in [6, 6.07) is 0.515. The monoisotopic (exact) mass is 171 g/mol. The van der Waals surface area contributed by atoms with Crippen LogP contribution in [0, 0.1) is 5.41 Å². The van der Waals surface area contributed by atoms with Gasteiger partial charge in [-0.1, -0.05) is 26.8 Å². The van der Waals surface area contributed by atoms with E-state index < -0.39 is 0 Å². The smallest absolute Gasteiger partial charge is 0.0562 e. The summed E-state index contributed by atoms with van der Waals surface area (Å²) in [5.41, 5.74) is 0.0546. The first-order chi connectivity index (χ1) is 5.54. The average molecular weight is 171 g/mol. The maximum atomic E-state index is 5.12. The highest BCUT2D eigenvalue weighted by molar-refractivity contribution is 4.93. The first-order valence-electron chi connectivity index (χ1n) is 4.40. The van der Waals surface area contributed by atoms with Crippen molar-refractivity contribution in [3.63, 3.8) is 0 Å². The minimum absolute atomic E-state index is 0.0546. The third-order valence-electron chi connectivity index (χ3n) is 1.88. The van der Waals surface area contributed by atoms with E-state index in [0.717, 1.165) is 13.2 Å². The third kappa shape index (κ3) is 4.52. The van der Waals surface area contributed by atoms with Crippen LogP contribution in [0.1, 0.15) is 20.8 Å². The Balaban J connectivity index is 3.87. The topological polar surface area (TPSA) is 21.3 Å². The number of hydrogen-bond acceptors (Lipinski definition) is 2. The van der Waals surface area contributed by atoms with E-state index in [1.165, 1.54) is 0 Å². The first kappa shape index (κ1) is 11.7. The zero-order chi connectivity index (χ0) is 9.61. The van der Waals surface area contributed by atoms with Gasteiger partial charge in [-0.25, -0.2) is 0 Å². The highest BCUT2D eigenvalue weighted by atomic mass is 16.5. The van der Waals surface area contributed by atoms with Crippen LogP contribution in [0.3, 0.4) is 0 Å². The number of nitrogens with one attached hydrogen (secondary N) is 1. The summed E-state index contributed by atoms with van der Waals surface area (Å²) in [6.45, 7) is 11.9. The van der Waals surface area contributed by atoms with Gasteiger partial charge in [0.15, 0.2) is 0 Å². The molecule has 0 spiro atoms. The molecule has 1 unspecified atom stereocenters. The van der Waals surface area contributed by atoms with Gasteiger partial charge in [0.25, 0.3) is 0 Å². The average Bonchev–Trinajstić information content (AvgIpc) is 2.02. The lowest BCUT2D eigenvalue weighted by Crippen LogP contribution is -2.37. The minimum atomic E-state index is 0.0546. The second-order valence-corrected chi connectivity index (χ2v) is 3.83.